The highest BCUT2D eigenvalue weighted by Crippen LogP contribution is 2.38. The van der Waals surface area contributed by atoms with Gasteiger partial charge in [0.2, 0.25) is 29.5 Å². The number of fused-ring (bicyclic) bond motifs is 2. The molecular formula is C24H22F7N3O8. The zero-order valence-electron chi connectivity index (χ0n) is 21.4. The van der Waals surface area contributed by atoms with Gasteiger partial charge < -0.3 is 25.4 Å². The van der Waals surface area contributed by atoms with Crippen molar-refractivity contribution >= 4 is 35.6 Å². The molecule has 2 amide bonds. The van der Waals surface area contributed by atoms with E-state index in [0.29, 0.717) is 12.8 Å². The van der Waals surface area contributed by atoms with Crippen LogP contribution < -0.4 is 15.4 Å². The van der Waals surface area contributed by atoms with Crippen molar-refractivity contribution in [2.75, 3.05) is 13.7 Å². The third kappa shape index (κ3) is 6.22. The lowest BCUT2D eigenvalue weighted by Gasteiger charge is -2.40. The van der Waals surface area contributed by atoms with Crippen LogP contribution in [-0.4, -0.2) is 83.2 Å². The second-order valence-electron chi connectivity index (χ2n) is 9.78. The van der Waals surface area contributed by atoms with Crippen molar-refractivity contribution in [1.29, 1.82) is 0 Å². The maximum Gasteiger partial charge on any atom is 0.450 e. The zero-order valence-corrected chi connectivity index (χ0v) is 21.4. The Morgan fingerprint density at radius 1 is 1.02 bits per heavy atom. The van der Waals surface area contributed by atoms with Gasteiger partial charge in [0.15, 0.2) is 23.2 Å². The fraction of sp³-hybridized carbons (Fsp3) is 0.500. The highest BCUT2D eigenvalue weighted by Gasteiger charge is 2.62. The van der Waals surface area contributed by atoms with Gasteiger partial charge in [-0.15, -0.1) is 0 Å². The highest BCUT2D eigenvalue weighted by atomic mass is 19.4. The van der Waals surface area contributed by atoms with Gasteiger partial charge in [-0.2, -0.15) is 22.0 Å². The topological polar surface area (TPSA) is 159 Å². The molecule has 2 bridgehead atoms. The average Bonchev–Trinajstić information content (AvgIpc) is 3.10. The largest absolute Gasteiger partial charge is 0.480 e. The molecular weight excluding hydrogens is 591 g/mol. The van der Waals surface area contributed by atoms with E-state index in [2.05, 4.69) is 4.74 Å². The van der Waals surface area contributed by atoms with E-state index >= 15 is 0 Å². The number of aliphatic carboxylic acids is 1. The van der Waals surface area contributed by atoms with Crippen molar-refractivity contribution in [3.8, 4) is 5.75 Å². The summed E-state index contributed by atoms with van der Waals surface area (Å²) in [5.74, 6) is -26.6. The molecule has 3 N–H and O–H groups in total. The lowest BCUT2D eigenvalue weighted by molar-refractivity contribution is -0.184. The van der Waals surface area contributed by atoms with Crippen LogP contribution in [0.2, 0.25) is 0 Å². The second-order valence-corrected chi connectivity index (χ2v) is 9.78. The van der Waals surface area contributed by atoms with E-state index in [-0.39, 0.29) is 31.0 Å². The van der Waals surface area contributed by atoms with Gasteiger partial charge in [0.25, 0.3) is 11.7 Å². The third-order valence-corrected chi connectivity index (χ3v) is 7.28. The van der Waals surface area contributed by atoms with Crippen molar-refractivity contribution in [2.45, 2.75) is 49.6 Å². The summed E-state index contributed by atoms with van der Waals surface area (Å²) in [5, 5.41) is 12.8. The van der Waals surface area contributed by atoms with Crippen LogP contribution in [0.1, 0.15) is 25.7 Å². The SMILES string of the molecule is CN1C2CCC1CC(C(=O)NC(NC(=O)C=O)(C(=O)O)C(C(=O)COc1c(F)c(F)cc(F)c1F)C(=O)C(F)(F)F)C2. The Bertz CT molecular complexity index is 1280. The van der Waals surface area contributed by atoms with Crippen LogP contribution in [0, 0.1) is 35.1 Å². The second kappa shape index (κ2) is 12.0. The molecule has 11 nitrogen and oxygen atoms in total. The molecule has 0 spiro atoms. The van der Waals surface area contributed by atoms with Crippen molar-refractivity contribution in [3.63, 3.8) is 0 Å². The van der Waals surface area contributed by atoms with Crippen molar-refractivity contribution in [1.82, 2.24) is 15.5 Å². The minimum atomic E-state index is -6.04. The Balaban J connectivity index is 2.06. The van der Waals surface area contributed by atoms with E-state index in [1.54, 1.807) is 12.4 Å². The van der Waals surface area contributed by atoms with E-state index in [1.165, 1.54) is 5.32 Å². The minimum Gasteiger partial charge on any atom is -0.480 e. The number of carbonyl (C=O) groups excluding carboxylic acids is 5. The zero-order chi connectivity index (χ0) is 31.7. The fourth-order valence-corrected chi connectivity index (χ4v) is 5.20. The predicted octanol–water partition coefficient (Wildman–Crippen LogP) is 1.02. The van der Waals surface area contributed by atoms with Gasteiger partial charge in [-0.25, -0.2) is 13.6 Å². The van der Waals surface area contributed by atoms with Crippen LogP contribution in [0.5, 0.6) is 5.75 Å². The molecule has 0 radical (unpaired) electrons. The van der Waals surface area contributed by atoms with E-state index in [1.807, 2.05) is 4.90 Å². The van der Waals surface area contributed by atoms with E-state index in [0.717, 1.165) is 0 Å². The summed E-state index contributed by atoms with van der Waals surface area (Å²) in [7, 11) is 1.76. The molecule has 0 aromatic heterocycles. The number of carboxylic acid groups (broad SMARTS) is 1. The molecule has 3 rings (SSSR count). The Labute approximate surface area is 231 Å². The number of alkyl halides is 3. The highest BCUT2D eigenvalue weighted by molar-refractivity contribution is 6.25. The first-order valence-corrected chi connectivity index (χ1v) is 12.1. The smallest absolute Gasteiger partial charge is 0.450 e. The summed E-state index contributed by atoms with van der Waals surface area (Å²) in [6.45, 7) is -2.02. The number of nitrogens with one attached hydrogen (secondary N) is 2. The lowest BCUT2D eigenvalue weighted by atomic mass is 9.82. The summed E-state index contributed by atoms with van der Waals surface area (Å²) in [5.41, 5.74) is -3.98. The van der Waals surface area contributed by atoms with Crippen LogP contribution in [0.25, 0.3) is 0 Å². The van der Waals surface area contributed by atoms with Gasteiger partial charge in [0, 0.05) is 24.1 Å². The van der Waals surface area contributed by atoms with Crippen LogP contribution in [0.4, 0.5) is 30.7 Å². The number of carbonyl (C=O) groups is 6. The number of hydrogen-bond donors (Lipinski definition) is 3. The van der Waals surface area contributed by atoms with Gasteiger partial charge in [0.1, 0.15) is 12.5 Å². The number of halogens is 7. The van der Waals surface area contributed by atoms with Crippen molar-refractivity contribution in [2.24, 2.45) is 11.8 Å². The van der Waals surface area contributed by atoms with Gasteiger partial charge in [-0.1, -0.05) is 0 Å². The number of piperidine rings is 1. The Hall–Kier alpha value is -4.09. The Morgan fingerprint density at radius 2 is 1.55 bits per heavy atom. The molecule has 230 valence electrons. The lowest BCUT2D eigenvalue weighted by Crippen LogP contribution is -2.74. The molecule has 2 fully saturated rings. The average molecular weight is 613 g/mol. The monoisotopic (exact) mass is 613 g/mol. The number of carboxylic acids is 1. The fourth-order valence-electron chi connectivity index (χ4n) is 5.20. The van der Waals surface area contributed by atoms with Gasteiger partial charge in [-0.3, -0.25) is 24.0 Å². The van der Waals surface area contributed by atoms with Gasteiger partial charge in [-0.05, 0) is 32.7 Å². The molecule has 2 aliphatic rings. The molecule has 2 saturated heterocycles. The van der Waals surface area contributed by atoms with E-state index < -0.39 is 94.9 Å². The molecule has 1 aromatic rings. The first kappa shape index (κ1) is 32.4. The maximum atomic E-state index is 14.0. The Kier molecular flexibility index (Phi) is 9.28. The predicted molar refractivity (Wildman–Crippen MR) is 121 cm³/mol. The first-order chi connectivity index (χ1) is 19.4. The summed E-state index contributed by atoms with van der Waals surface area (Å²) in [4.78, 5) is 76.1. The number of hydrogen-bond acceptors (Lipinski definition) is 8. The molecule has 18 heteroatoms. The van der Waals surface area contributed by atoms with Gasteiger partial charge in [0.05, 0.1) is 0 Å². The molecule has 0 aliphatic carbocycles. The molecule has 0 saturated carbocycles. The third-order valence-electron chi connectivity index (χ3n) is 7.28. The number of benzene rings is 1. The Morgan fingerprint density at radius 3 is 2.00 bits per heavy atom. The van der Waals surface area contributed by atoms with Gasteiger partial charge >= 0.3 is 12.1 Å². The summed E-state index contributed by atoms with van der Waals surface area (Å²) < 4.78 is 100. The van der Waals surface area contributed by atoms with Crippen LogP contribution >= 0.6 is 0 Å². The summed E-state index contributed by atoms with van der Waals surface area (Å²) in [6.07, 6.45) is -5.24. The number of amides is 2. The normalized spacial score (nSPS) is 22.4. The van der Waals surface area contributed by atoms with Crippen molar-refractivity contribution < 1.29 is 69.3 Å². The summed E-state index contributed by atoms with van der Waals surface area (Å²) in [6, 6.07) is -0.616. The molecule has 4 atom stereocenters. The number of ether oxygens (including phenoxy) is 1. The van der Waals surface area contributed by atoms with Crippen LogP contribution in [0.15, 0.2) is 6.07 Å². The minimum absolute atomic E-state index is 0.0782. The molecule has 42 heavy (non-hydrogen) atoms. The van der Waals surface area contributed by atoms with Crippen LogP contribution in [0.3, 0.4) is 0 Å². The molecule has 2 heterocycles. The number of ketones is 2. The molecule has 1 aromatic carbocycles. The molecule has 2 aliphatic heterocycles. The number of aldehydes is 1. The van der Waals surface area contributed by atoms with Crippen molar-refractivity contribution in [3.05, 3.63) is 29.3 Å². The van der Waals surface area contributed by atoms with E-state index in [4.69, 9.17) is 0 Å². The number of nitrogens with zero attached hydrogens (tertiary/aromatic N) is 1. The van der Waals surface area contributed by atoms with E-state index in [9.17, 15) is 64.6 Å². The first-order valence-electron chi connectivity index (χ1n) is 12.1. The quantitative estimate of drug-likeness (QED) is 0.0828. The number of rotatable bonds is 11. The van der Waals surface area contributed by atoms with Crippen LogP contribution in [-0.2, 0) is 28.8 Å². The molecule has 4 unspecified atom stereocenters. The number of Topliss-reactive ketones (excluding diaryl/α,β-unsaturated/α-hetero) is 2. The summed E-state index contributed by atoms with van der Waals surface area (Å²) >= 11 is 0. The maximum absolute atomic E-state index is 14.0. The standard InChI is InChI=1S/C24H22F7N3O8/c1-34-10-2-3-11(34)5-9(4-10)21(39)33-23(22(40)41,32-15(37)7-35)16(20(38)24(29,30)31)14(36)8-42-19-17(27)12(25)6-13(26)18(19)28/h6-7,9-11,16H,2-5,8H2,1H3,(H,32,37)(H,33,39)(H,40,41).